The molecule has 0 aliphatic carbocycles. The number of anilines is 1. The summed E-state index contributed by atoms with van der Waals surface area (Å²) in [7, 11) is 0. The Morgan fingerprint density at radius 2 is 2.26 bits per heavy atom. The quantitative estimate of drug-likeness (QED) is 0.909. The summed E-state index contributed by atoms with van der Waals surface area (Å²) in [5, 5.41) is 3.24. The van der Waals surface area contributed by atoms with Gasteiger partial charge in [-0.15, -0.1) is 0 Å². The van der Waals surface area contributed by atoms with Gasteiger partial charge in [0.05, 0.1) is 11.7 Å². The van der Waals surface area contributed by atoms with Crippen LogP contribution in [0.3, 0.4) is 0 Å². The molecule has 1 atom stereocenters. The molecule has 0 saturated carbocycles. The van der Waals surface area contributed by atoms with Gasteiger partial charge in [-0.1, -0.05) is 12.1 Å². The second-order valence-electron chi connectivity index (χ2n) is 4.86. The summed E-state index contributed by atoms with van der Waals surface area (Å²) in [6.45, 7) is 7.03. The first-order valence-corrected chi connectivity index (χ1v) is 6.96. The van der Waals surface area contributed by atoms with Crippen LogP contribution >= 0.6 is 0 Å². The van der Waals surface area contributed by atoms with Crippen LogP contribution in [-0.4, -0.2) is 43.2 Å². The van der Waals surface area contributed by atoms with Gasteiger partial charge in [-0.25, -0.2) is 0 Å². The Labute approximate surface area is 114 Å². The Bertz CT molecular complexity index is 434. The number of amides is 1. The normalized spacial score (nSPS) is 19.9. The standard InChI is InChI=1S/C15H22N2O2/c1-3-16-14-8-5-4-7-13(14)15(18)17-9-6-10-19-12(2)11-17/h4-5,7-8,12,16H,3,6,9-11H2,1-2H3. The molecule has 0 bridgehead atoms. The van der Waals surface area contributed by atoms with Gasteiger partial charge in [-0.05, 0) is 32.4 Å². The summed E-state index contributed by atoms with van der Waals surface area (Å²) in [5.74, 6) is 0.0916. The Kier molecular flexibility index (Phi) is 4.80. The van der Waals surface area contributed by atoms with Crippen molar-refractivity contribution < 1.29 is 9.53 Å². The number of carbonyl (C=O) groups is 1. The fraction of sp³-hybridized carbons (Fsp3) is 0.533. The molecule has 0 aromatic heterocycles. The Hall–Kier alpha value is -1.55. The minimum absolute atomic E-state index is 0.0916. The molecule has 0 spiro atoms. The van der Waals surface area contributed by atoms with Crippen molar-refractivity contribution >= 4 is 11.6 Å². The van der Waals surface area contributed by atoms with Crippen LogP contribution in [0.5, 0.6) is 0 Å². The van der Waals surface area contributed by atoms with E-state index in [9.17, 15) is 4.79 Å². The van der Waals surface area contributed by atoms with Crippen molar-refractivity contribution in [1.82, 2.24) is 4.90 Å². The van der Waals surface area contributed by atoms with Gasteiger partial charge in [0.2, 0.25) is 0 Å². The van der Waals surface area contributed by atoms with E-state index < -0.39 is 0 Å². The highest BCUT2D eigenvalue weighted by atomic mass is 16.5. The lowest BCUT2D eigenvalue weighted by Crippen LogP contribution is -2.36. The van der Waals surface area contributed by atoms with Crippen molar-refractivity contribution in [3.05, 3.63) is 29.8 Å². The molecule has 2 rings (SSSR count). The van der Waals surface area contributed by atoms with E-state index in [1.165, 1.54) is 0 Å². The summed E-state index contributed by atoms with van der Waals surface area (Å²) in [6.07, 6.45) is 1.01. The molecule has 1 unspecified atom stereocenters. The average Bonchev–Trinajstić information content (AvgIpc) is 2.64. The predicted octanol–water partition coefficient (Wildman–Crippen LogP) is 2.37. The molecule has 4 heteroatoms. The topological polar surface area (TPSA) is 41.6 Å². The van der Waals surface area contributed by atoms with Crippen LogP contribution in [-0.2, 0) is 4.74 Å². The lowest BCUT2D eigenvalue weighted by molar-refractivity contribution is 0.0563. The molecule has 0 radical (unpaired) electrons. The minimum Gasteiger partial charge on any atom is -0.385 e. The van der Waals surface area contributed by atoms with Crippen LogP contribution in [0.25, 0.3) is 0 Å². The van der Waals surface area contributed by atoms with E-state index >= 15 is 0 Å². The van der Waals surface area contributed by atoms with Crippen molar-refractivity contribution in [2.75, 3.05) is 31.6 Å². The smallest absolute Gasteiger partial charge is 0.256 e. The molecule has 104 valence electrons. The number of para-hydroxylation sites is 1. The zero-order valence-electron chi connectivity index (χ0n) is 11.7. The lowest BCUT2D eigenvalue weighted by atomic mass is 10.1. The number of ether oxygens (including phenoxy) is 1. The molecular weight excluding hydrogens is 240 g/mol. The number of rotatable bonds is 3. The van der Waals surface area contributed by atoms with Crippen LogP contribution < -0.4 is 5.32 Å². The third kappa shape index (κ3) is 3.47. The maximum Gasteiger partial charge on any atom is 0.256 e. The number of nitrogens with zero attached hydrogens (tertiary/aromatic N) is 1. The Morgan fingerprint density at radius 1 is 1.47 bits per heavy atom. The van der Waals surface area contributed by atoms with Crippen molar-refractivity contribution in [3.63, 3.8) is 0 Å². The maximum absolute atomic E-state index is 12.6. The molecule has 1 heterocycles. The molecule has 1 aliphatic heterocycles. The van der Waals surface area contributed by atoms with Crippen LogP contribution in [0, 0.1) is 0 Å². The van der Waals surface area contributed by atoms with Gasteiger partial charge in [0, 0.05) is 31.9 Å². The number of hydrogen-bond donors (Lipinski definition) is 1. The van der Waals surface area contributed by atoms with E-state index in [-0.39, 0.29) is 12.0 Å². The number of hydrogen-bond acceptors (Lipinski definition) is 3. The second-order valence-corrected chi connectivity index (χ2v) is 4.86. The molecule has 1 aromatic rings. The maximum atomic E-state index is 12.6. The molecule has 4 nitrogen and oxygen atoms in total. The molecule has 1 saturated heterocycles. The van der Waals surface area contributed by atoms with Crippen molar-refractivity contribution in [1.29, 1.82) is 0 Å². The molecule has 1 fully saturated rings. The van der Waals surface area contributed by atoms with Gasteiger partial charge in [-0.2, -0.15) is 0 Å². The summed E-state index contributed by atoms with van der Waals surface area (Å²) < 4.78 is 5.59. The molecule has 1 aliphatic rings. The number of nitrogens with one attached hydrogen (secondary N) is 1. The number of carbonyl (C=O) groups excluding carboxylic acids is 1. The lowest BCUT2D eigenvalue weighted by Gasteiger charge is -2.23. The first kappa shape index (κ1) is 13.9. The summed E-state index contributed by atoms with van der Waals surface area (Å²) in [6, 6.07) is 7.69. The highest BCUT2D eigenvalue weighted by Crippen LogP contribution is 2.18. The van der Waals surface area contributed by atoms with Crippen LogP contribution in [0.2, 0.25) is 0 Å². The second kappa shape index (κ2) is 6.57. The van der Waals surface area contributed by atoms with Gasteiger partial charge in [0.25, 0.3) is 5.91 Å². The van der Waals surface area contributed by atoms with Crippen molar-refractivity contribution in [2.24, 2.45) is 0 Å². The van der Waals surface area contributed by atoms with E-state index in [2.05, 4.69) is 5.32 Å². The minimum atomic E-state index is 0.0916. The van der Waals surface area contributed by atoms with Gasteiger partial charge in [0.1, 0.15) is 0 Å². The number of benzene rings is 1. The molecule has 19 heavy (non-hydrogen) atoms. The van der Waals surface area contributed by atoms with Crippen molar-refractivity contribution in [3.8, 4) is 0 Å². The fourth-order valence-corrected chi connectivity index (χ4v) is 2.36. The van der Waals surface area contributed by atoms with Crippen LogP contribution in [0.1, 0.15) is 30.6 Å². The van der Waals surface area contributed by atoms with E-state index in [0.29, 0.717) is 6.54 Å². The highest BCUT2D eigenvalue weighted by Gasteiger charge is 2.22. The highest BCUT2D eigenvalue weighted by molar-refractivity contribution is 5.99. The molecule has 1 N–H and O–H groups in total. The first-order chi connectivity index (χ1) is 9.22. The predicted molar refractivity (Wildman–Crippen MR) is 76.5 cm³/mol. The SMILES string of the molecule is CCNc1ccccc1C(=O)N1CCCOC(C)C1. The van der Waals surface area contributed by atoms with E-state index in [0.717, 1.165) is 37.4 Å². The first-order valence-electron chi connectivity index (χ1n) is 6.96. The largest absolute Gasteiger partial charge is 0.385 e. The van der Waals surface area contributed by atoms with Gasteiger partial charge >= 0.3 is 0 Å². The van der Waals surface area contributed by atoms with Crippen LogP contribution in [0.15, 0.2) is 24.3 Å². The summed E-state index contributed by atoms with van der Waals surface area (Å²) in [4.78, 5) is 14.5. The Balaban J connectivity index is 2.18. The Morgan fingerprint density at radius 3 is 3.05 bits per heavy atom. The third-order valence-corrected chi connectivity index (χ3v) is 3.26. The van der Waals surface area contributed by atoms with E-state index in [1.54, 1.807) is 0 Å². The average molecular weight is 262 g/mol. The molecular formula is C15H22N2O2. The van der Waals surface area contributed by atoms with Gasteiger partial charge in [-0.3, -0.25) is 4.79 Å². The van der Waals surface area contributed by atoms with Gasteiger partial charge in [0.15, 0.2) is 0 Å². The fourth-order valence-electron chi connectivity index (χ4n) is 2.36. The summed E-state index contributed by atoms with van der Waals surface area (Å²) >= 11 is 0. The third-order valence-electron chi connectivity index (χ3n) is 3.26. The van der Waals surface area contributed by atoms with Gasteiger partial charge < -0.3 is 15.0 Å². The monoisotopic (exact) mass is 262 g/mol. The van der Waals surface area contributed by atoms with E-state index in [1.807, 2.05) is 43.0 Å². The molecule has 1 amide bonds. The zero-order valence-corrected chi connectivity index (χ0v) is 11.7. The van der Waals surface area contributed by atoms with Crippen molar-refractivity contribution in [2.45, 2.75) is 26.4 Å². The van der Waals surface area contributed by atoms with E-state index in [4.69, 9.17) is 4.74 Å². The molecule has 1 aromatic carbocycles. The summed E-state index contributed by atoms with van der Waals surface area (Å²) in [5.41, 5.74) is 1.66. The zero-order chi connectivity index (χ0) is 13.7. The van der Waals surface area contributed by atoms with Crippen LogP contribution in [0.4, 0.5) is 5.69 Å².